The predicted molar refractivity (Wildman–Crippen MR) is 488 cm³/mol. The molecule has 16 aromatic carbocycles. The smallest absolute Gasteiger partial charge is 0.457 e. The molecule has 0 radical (unpaired) electrons. The number of nitrogens with zero attached hydrogens (tertiary/aromatic N) is 6. The number of benzene rings is 16. The van der Waals surface area contributed by atoms with Crippen molar-refractivity contribution in [1.29, 1.82) is 10.5 Å². The van der Waals surface area contributed by atoms with E-state index in [4.69, 9.17) is 50.3 Å². The van der Waals surface area contributed by atoms with Gasteiger partial charge in [0.25, 0.3) is 0 Å². The Morgan fingerprint density at radius 2 is 0.615 bits per heavy atom. The molecule has 578 valence electrons. The number of hydrogen-bond acceptors (Lipinski definition) is 10. The van der Waals surface area contributed by atoms with Gasteiger partial charge in [-0.2, -0.15) is 10.5 Å². The van der Waals surface area contributed by atoms with Crippen LogP contribution in [0.15, 0.2) is 376 Å². The van der Waals surface area contributed by atoms with Gasteiger partial charge in [0.2, 0.25) is 0 Å². The lowest BCUT2D eigenvalue weighted by atomic mass is 9.64. The molecule has 18 aromatic rings. The van der Waals surface area contributed by atoms with E-state index in [1.54, 1.807) is 0 Å². The molecule has 0 unspecified atom stereocenters. The minimum atomic E-state index is -0.515. The first-order chi connectivity index (χ1) is 59.7. The Kier molecular flexibility index (Phi) is 18.2. The van der Waals surface area contributed by atoms with Gasteiger partial charge in [-0.3, -0.25) is 0 Å². The number of para-hydroxylation sites is 4. The van der Waals surface area contributed by atoms with E-state index in [-0.39, 0.29) is 0 Å². The lowest BCUT2D eigenvalue weighted by Gasteiger charge is -2.39. The van der Waals surface area contributed by atoms with Gasteiger partial charge in [-0.25, -0.2) is 19.9 Å². The number of hydrogen-bond donors (Lipinski definition) is 0. The molecule has 3 aliphatic heterocycles. The molecule has 122 heavy (non-hydrogen) atoms. The van der Waals surface area contributed by atoms with E-state index in [9.17, 15) is 10.5 Å². The summed E-state index contributed by atoms with van der Waals surface area (Å²) in [7, 11) is -0.439. The highest BCUT2D eigenvalue weighted by atomic mass is 35.5. The second-order valence-electron chi connectivity index (χ2n) is 32.4. The zero-order valence-electron chi connectivity index (χ0n) is 67.1. The summed E-state index contributed by atoms with van der Waals surface area (Å²) in [4.78, 5) is 20.0. The average molecular weight is 1590 g/mol. The minimum Gasteiger partial charge on any atom is -0.457 e. The van der Waals surface area contributed by atoms with Crippen molar-refractivity contribution in [3.63, 3.8) is 0 Å². The zero-order chi connectivity index (χ0) is 82.4. The maximum atomic E-state index is 9.50. The Morgan fingerprint density at radius 3 is 1.07 bits per heavy atom. The standard InChI is InChI=1S/C52H31N3O.C31H27BO3.C27H16ClN3/c53-32-33-11-9-12-36(29-33)37-13-10-14-39(30-37)50-42-17-3-7-21-47(42)54-51(55-50)35-25-23-34(24-26-35)38-27-28-49-46(31-38)52(45-20-6-8-22-48(45)56-49)43-18-4-1-15-40(43)41-16-2-5-19-44(41)52;1-29(2)30(3,4)35-32(34-29)20-17-18-28-26(19-20)31(25-15-9-10-16-27(25)33-28)23-13-7-5-11-21(23)22-12-6-8-14-24(22)31;28-23-13-11-19(12-14-23)27-30-25-10-2-1-9-24(25)26(31-27)22-8-4-7-21(16-22)20-6-3-5-18(15-20)17-29/h1-31H;5-19H,1-4H3;1-16H. The van der Waals surface area contributed by atoms with E-state index in [2.05, 4.69) is 276 Å². The fourth-order valence-electron chi connectivity index (χ4n) is 18.5. The Balaban J connectivity index is 0.000000120. The number of fused-ring (bicyclic) bond motifs is 20. The van der Waals surface area contributed by atoms with Crippen molar-refractivity contribution < 1.29 is 18.8 Å². The zero-order valence-corrected chi connectivity index (χ0v) is 67.8. The van der Waals surface area contributed by atoms with Crippen LogP contribution >= 0.6 is 11.6 Å². The van der Waals surface area contributed by atoms with Crippen LogP contribution in [-0.4, -0.2) is 38.3 Å². The largest absolute Gasteiger partial charge is 0.494 e. The summed E-state index contributed by atoms with van der Waals surface area (Å²) in [6.07, 6.45) is 0. The molecule has 0 atom stereocenters. The highest BCUT2D eigenvalue weighted by Crippen LogP contribution is 2.64. The predicted octanol–water partition coefficient (Wildman–Crippen LogP) is 26.2. The highest BCUT2D eigenvalue weighted by molar-refractivity contribution is 6.62. The summed E-state index contributed by atoms with van der Waals surface area (Å²) < 4.78 is 26.0. The molecular formula is C110H74BClN6O4. The maximum Gasteiger partial charge on any atom is 0.494 e. The fourth-order valence-corrected chi connectivity index (χ4v) is 18.7. The van der Waals surface area contributed by atoms with Crippen molar-refractivity contribution in [3.8, 4) is 136 Å². The first-order valence-electron chi connectivity index (χ1n) is 40.9. The maximum absolute atomic E-state index is 9.50. The van der Waals surface area contributed by atoms with Crippen LogP contribution in [0, 0.1) is 22.7 Å². The van der Waals surface area contributed by atoms with E-state index >= 15 is 0 Å². The van der Waals surface area contributed by atoms with Gasteiger partial charge in [-0.05, 0) is 214 Å². The van der Waals surface area contributed by atoms with Crippen molar-refractivity contribution in [2.75, 3.05) is 0 Å². The molecule has 23 rings (SSSR count). The molecule has 2 spiro atoms. The average Bonchev–Trinajstić information content (AvgIpc) is 1.51. The molecule has 12 heteroatoms. The lowest BCUT2D eigenvalue weighted by molar-refractivity contribution is 0.00578. The van der Waals surface area contributed by atoms with Gasteiger partial charge < -0.3 is 18.8 Å². The summed E-state index contributed by atoms with van der Waals surface area (Å²) in [5, 5.41) is 21.4. The van der Waals surface area contributed by atoms with Crippen LogP contribution in [0.2, 0.25) is 5.02 Å². The van der Waals surface area contributed by atoms with Gasteiger partial charge in [0, 0.05) is 60.3 Å². The molecular weight excluding hydrogens is 1520 g/mol. The van der Waals surface area contributed by atoms with E-state index < -0.39 is 29.2 Å². The van der Waals surface area contributed by atoms with Gasteiger partial charge in [0.1, 0.15) is 23.0 Å². The number of ether oxygens (including phenoxy) is 2. The number of nitriles is 2. The fraction of sp³-hybridized carbons (Fsp3) is 0.0727. The Bertz CT molecular complexity index is 7270. The Labute approximate surface area is 713 Å². The van der Waals surface area contributed by atoms with Crippen molar-refractivity contribution in [2.45, 2.75) is 49.7 Å². The molecule has 0 amide bonds. The Morgan fingerprint density at radius 1 is 0.279 bits per heavy atom. The van der Waals surface area contributed by atoms with Gasteiger partial charge in [0.05, 0.1) is 67.7 Å². The summed E-state index contributed by atoms with van der Waals surface area (Å²) in [5.74, 6) is 4.84. The number of rotatable bonds is 8. The third kappa shape index (κ3) is 12.5. The van der Waals surface area contributed by atoms with Crippen LogP contribution < -0.4 is 14.9 Å². The molecule has 2 aromatic heterocycles. The van der Waals surface area contributed by atoms with Crippen molar-refractivity contribution in [2.24, 2.45) is 0 Å². The molecule has 5 heterocycles. The third-order valence-electron chi connectivity index (χ3n) is 25.0. The van der Waals surface area contributed by atoms with E-state index in [0.717, 1.165) is 140 Å². The topological polar surface area (TPSA) is 136 Å². The minimum absolute atomic E-state index is 0.402. The molecule has 0 N–H and O–H groups in total. The lowest BCUT2D eigenvalue weighted by Crippen LogP contribution is -2.41. The summed E-state index contributed by atoms with van der Waals surface area (Å²) in [5.41, 5.74) is 28.8. The summed E-state index contributed by atoms with van der Waals surface area (Å²) >= 11 is 6.06. The van der Waals surface area contributed by atoms with E-state index in [1.807, 2.05) is 140 Å². The van der Waals surface area contributed by atoms with Gasteiger partial charge >= 0.3 is 7.12 Å². The van der Waals surface area contributed by atoms with Gasteiger partial charge in [0.15, 0.2) is 11.6 Å². The van der Waals surface area contributed by atoms with Gasteiger partial charge in [-0.15, -0.1) is 0 Å². The van der Waals surface area contributed by atoms with E-state index in [1.165, 1.54) is 44.5 Å². The molecule has 2 aliphatic carbocycles. The SMILES string of the molecule is CC1(C)OB(c2ccc3c(c2)C2(c4ccccc4O3)c3ccccc3-c3ccccc32)OC1(C)C.N#Cc1cccc(-c2cccc(-c3nc(-c4ccc(-c5ccc6c(c5)C5(c7ccccc7O6)c6ccccc6-c6ccccc65)cc4)nc4ccccc34)c2)c1.N#Cc1cccc(-c2cccc(-c3nc(-c4ccc(Cl)cc4)nc4ccccc34)c2)c1. The molecule has 5 aliphatic rings. The summed E-state index contributed by atoms with van der Waals surface area (Å²) in [6, 6.07) is 134. The normalized spacial score (nSPS) is 14.2. The van der Waals surface area contributed by atoms with Crippen LogP contribution in [0.3, 0.4) is 0 Å². The van der Waals surface area contributed by atoms with Crippen LogP contribution in [-0.2, 0) is 20.1 Å². The van der Waals surface area contributed by atoms with Crippen LogP contribution in [0.4, 0.5) is 0 Å². The van der Waals surface area contributed by atoms with E-state index in [0.29, 0.717) is 27.8 Å². The summed E-state index contributed by atoms with van der Waals surface area (Å²) in [6.45, 7) is 8.37. The Hall–Kier alpha value is -14.9. The quantitative estimate of drug-likeness (QED) is 0.135. The highest BCUT2D eigenvalue weighted by Gasteiger charge is 2.55. The third-order valence-corrected chi connectivity index (χ3v) is 25.2. The number of aromatic nitrogens is 4. The van der Waals surface area contributed by atoms with Gasteiger partial charge in [-0.1, -0.05) is 285 Å². The van der Waals surface area contributed by atoms with Crippen molar-refractivity contribution in [3.05, 3.63) is 437 Å². The van der Waals surface area contributed by atoms with Crippen molar-refractivity contribution in [1.82, 2.24) is 19.9 Å². The number of halogens is 1. The molecule has 0 bridgehead atoms. The van der Waals surface area contributed by atoms with Crippen molar-refractivity contribution >= 4 is 46.0 Å². The molecule has 1 fully saturated rings. The molecule has 0 saturated carbocycles. The second-order valence-corrected chi connectivity index (χ2v) is 32.8. The first kappa shape index (κ1) is 74.6. The van der Waals surface area contributed by atoms with Crippen LogP contribution in [0.1, 0.15) is 83.3 Å². The van der Waals surface area contributed by atoms with Crippen LogP contribution in [0.5, 0.6) is 23.0 Å². The molecule has 1 saturated heterocycles. The second kappa shape index (κ2) is 29.8. The monoisotopic (exact) mass is 1590 g/mol. The van der Waals surface area contributed by atoms with Crippen LogP contribution in [0.25, 0.3) is 123 Å². The first-order valence-corrected chi connectivity index (χ1v) is 41.3. The molecule has 10 nitrogen and oxygen atoms in total.